The lowest BCUT2D eigenvalue weighted by molar-refractivity contribution is -0.121. The summed E-state index contributed by atoms with van der Waals surface area (Å²) in [6.07, 6.45) is 1.05. The Kier molecular flexibility index (Phi) is 7.15. The molecule has 0 aliphatic carbocycles. The molecular formula is C26H28F2N6O3. The number of hydrogen-bond acceptors (Lipinski definition) is 8. The SMILES string of the molecule is CCN1C(=O)COc2c(CN3CCNCC3)cc(Nc3ncc(F)c(-c4ccc(F)cc4OC)n3)cc21. The van der Waals surface area contributed by atoms with Gasteiger partial charge in [-0.15, -0.1) is 0 Å². The molecule has 3 aromatic rings. The number of aromatic nitrogens is 2. The zero-order chi connectivity index (χ0) is 25.9. The second kappa shape index (κ2) is 10.7. The lowest BCUT2D eigenvalue weighted by atomic mass is 10.1. The van der Waals surface area contributed by atoms with Crippen LogP contribution in [0.5, 0.6) is 11.5 Å². The van der Waals surface area contributed by atoms with Crippen LogP contribution in [0.3, 0.4) is 0 Å². The Morgan fingerprint density at radius 3 is 2.76 bits per heavy atom. The first kappa shape index (κ1) is 24.8. The number of ether oxygens (including phenoxy) is 2. The van der Waals surface area contributed by atoms with E-state index in [2.05, 4.69) is 25.5 Å². The van der Waals surface area contributed by atoms with E-state index < -0.39 is 11.6 Å². The van der Waals surface area contributed by atoms with Gasteiger partial charge in [-0.2, -0.15) is 0 Å². The second-order valence-corrected chi connectivity index (χ2v) is 8.80. The van der Waals surface area contributed by atoms with Gasteiger partial charge in [0.05, 0.1) is 19.0 Å². The molecule has 0 radical (unpaired) electrons. The number of fused-ring (bicyclic) bond motifs is 1. The summed E-state index contributed by atoms with van der Waals surface area (Å²) in [7, 11) is 1.38. The number of benzene rings is 2. The van der Waals surface area contributed by atoms with Crippen molar-refractivity contribution in [3.05, 3.63) is 53.7 Å². The maximum atomic E-state index is 14.7. The van der Waals surface area contributed by atoms with Crippen LogP contribution in [0.1, 0.15) is 12.5 Å². The fourth-order valence-corrected chi connectivity index (χ4v) is 4.64. The van der Waals surface area contributed by atoms with Gasteiger partial charge < -0.3 is 25.0 Å². The highest BCUT2D eigenvalue weighted by molar-refractivity contribution is 5.99. The number of hydrogen-bond donors (Lipinski definition) is 2. The van der Waals surface area contributed by atoms with Crippen molar-refractivity contribution in [1.82, 2.24) is 20.2 Å². The fraction of sp³-hybridized carbons (Fsp3) is 0.346. The van der Waals surface area contributed by atoms with E-state index in [0.29, 0.717) is 35.8 Å². The molecule has 1 fully saturated rings. The van der Waals surface area contributed by atoms with Gasteiger partial charge >= 0.3 is 0 Å². The van der Waals surface area contributed by atoms with E-state index in [4.69, 9.17) is 9.47 Å². The highest BCUT2D eigenvalue weighted by Gasteiger charge is 2.28. The summed E-state index contributed by atoms with van der Waals surface area (Å²) in [5, 5.41) is 6.50. The fourth-order valence-electron chi connectivity index (χ4n) is 4.64. The number of piperazine rings is 1. The van der Waals surface area contributed by atoms with E-state index in [1.807, 2.05) is 19.1 Å². The van der Waals surface area contributed by atoms with Gasteiger partial charge in [-0.05, 0) is 31.2 Å². The topological polar surface area (TPSA) is 91.9 Å². The summed E-state index contributed by atoms with van der Waals surface area (Å²) < 4.78 is 39.5. The molecule has 0 unspecified atom stereocenters. The molecule has 9 nitrogen and oxygen atoms in total. The summed E-state index contributed by atoms with van der Waals surface area (Å²) in [6.45, 7) is 6.64. The van der Waals surface area contributed by atoms with E-state index in [0.717, 1.165) is 37.9 Å². The minimum atomic E-state index is -0.670. The second-order valence-electron chi connectivity index (χ2n) is 8.80. The number of carbonyl (C=O) groups excluding carboxylic acids is 1. The lowest BCUT2D eigenvalue weighted by Crippen LogP contribution is -2.43. The van der Waals surface area contributed by atoms with Crippen LogP contribution >= 0.6 is 0 Å². The van der Waals surface area contributed by atoms with Crippen LogP contribution < -0.4 is 25.0 Å². The maximum Gasteiger partial charge on any atom is 0.265 e. The molecule has 11 heteroatoms. The first-order valence-electron chi connectivity index (χ1n) is 12.1. The smallest absolute Gasteiger partial charge is 0.265 e. The molecule has 5 rings (SSSR count). The zero-order valence-corrected chi connectivity index (χ0v) is 20.7. The Bertz CT molecular complexity index is 1320. The molecule has 2 aromatic carbocycles. The van der Waals surface area contributed by atoms with Crippen LogP contribution in [0.2, 0.25) is 0 Å². The van der Waals surface area contributed by atoms with Gasteiger partial charge in [0.2, 0.25) is 5.95 Å². The molecule has 2 N–H and O–H groups in total. The van der Waals surface area contributed by atoms with Crippen molar-refractivity contribution < 1.29 is 23.0 Å². The molecule has 0 saturated carbocycles. The van der Waals surface area contributed by atoms with Gasteiger partial charge in [0.15, 0.2) is 12.4 Å². The van der Waals surface area contributed by atoms with Crippen LogP contribution in [-0.4, -0.2) is 67.2 Å². The van der Waals surface area contributed by atoms with Crippen LogP contribution in [0, 0.1) is 11.6 Å². The van der Waals surface area contributed by atoms with Crippen LogP contribution in [-0.2, 0) is 11.3 Å². The molecule has 2 aliphatic rings. The molecule has 1 aromatic heterocycles. The molecule has 1 amide bonds. The highest BCUT2D eigenvalue weighted by Crippen LogP contribution is 2.40. The molecule has 2 aliphatic heterocycles. The van der Waals surface area contributed by atoms with E-state index in [1.54, 1.807) is 4.90 Å². The summed E-state index contributed by atoms with van der Waals surface area (Å²) in [6, 6.07) is 7.55. The van der Waals surface area contributed by atoms with Gasteiger partial charge in [-0.3, -0.25) is 9.69 Å². The Morgan fingerprint density at radius 2 is 2.00 bits per heavy atom. The van der Waals surface area contributed by atoms with Crippen molar-refractivity contribution in [2.45, 2.75) is 13.5 Å². The van der Waals surface area contributed by atoms with Gasteiger partial charge in [0.1, 0.15) is 23.0 Å². The minimum absolute atomic E-state index is 0.00783. The molecule has 37 heavy (non-hydrogen) atoms. The summed E-state index contributed by atoms with van der Waals surface area (Å²) in [5.41, 5.74) is 2.49. The van der Waals surface area contributed by atoms with Gasteiger partial charge in [0.25, 0.3) is 5.91 Å². The predicted octanol–water partition coefficient (Wildman–Crippen LogP) is 3.32. The lowest BCUT2D eigenvalue weighted by Gasteiger charge is -2.33. The highest BCUT2D eigenvalue weighted by atomic mass is 19.1. The van der Waals surface area contributed by atoms with Crippen molar-refractivity contribution in [3.63, 3.8) is 0 Å². The number of rotatable bonds is 7. The first-order valence-corrected chi connectivity index (χ1v) is 12.1. The van der Waals surface area contributed by atoms with Crippen molar-refractivity contribution in [3.8, 4) is 22.8 Å². The minimum Gasteiger partial charge on any atom is -0.496 e. The Balaban J connectivity index is 1.52. The Hall–Kier alpha value is -3.83. The third-order valence-corrected chi connectivity index (χ3v) is 6.42. The monoisotopic (exact) mass is 510 g/mol. The third kappa shape index (κ3) is 5.18. The average molecular weight is 511 g/mol. The summed E-state index contributed by atoms with van der Waals surface area (Å²) >= 11 is 0. The van der Waals surface area contributed by atoms with Crippen LogP contribution in [0.25, 0.3) is 11.3 Å². The molecule has 3 heterocycles. The molecular weight excluding hydrogens is 482 g/mol. The van der Waals surface area contributed by atoms with Crippen molar-refractivity contribution >= 4 is 23.2 Å². The number of nitrogens with zero attached hydrogens (tertiary/aromatic N) is 4. The Morgan fingerprint density at radius 1 is 1.19 bits per heavy atom. The van der Waals surface area contributed by atoms with Gasteiger partial charge in [-0.1, -0.05) is 0 Å². The molecule has 0 bridgehead atoms. The van der Waals surface area contributed by atoms with Crippen molar-refractivity contribution in [1.29, 1.82) is 0 Å². The quantitative estimate of drug-likeness (QED) is 0.500. The zero-order valence-electron chi connectivity index (χ0n) is 20.7. The van der Waals surface area contributed by atoms with Crippen LogP contribution in [0.15, 0.2) is 36.5 Å². The molecule has 0 spiro atoms. The summed E-state index contributed by atoms with van der Waals surface area (Å²) in [4.78, 5) is 25.0. The van der Waals surface area contributed by atoms with Gasteiger partial charge in [-0.25, -0.2) is 18.7 Å². The number of amides is 1. The number of nitrogens with one attached hydrogen (secondary N) is 2. The van der Waals surface area contributed by atoms with Crippen LogP contribution in [0.4, 0.5) is 26.1 Å². The Labute approximate surface area is 213 Å². The number of halogens is 2. The predicted molar refractivity (Wildman–Crippen MR) is 135 cm³/mol. The molecule has 0 atom stereocenters. The van der Waals surface area contributed by atoms with E-state index in [1.165, 1.54) is 25.3 Å². The average Bonchev–Trinajstić information content (AvgIpc) is 2.90. The number of anilines is 3. The molecule has 194 valence electrons. The van der Waals surface area contributed by atoms with E-state index >= 15 is 0 Å². The third-order valence-electron chi connectivity index (χ3n) is 6.42. The van der Waals surface area contributed by atoms with Crippen molar-refractivity contribution in [2.24, 2.45) is 0 Å². The molecule has 1 saturated heterocycles. The summed E-state index contributed by atoms with van der Waals surface area (Å²) in [5.74, 6) is -0.314. The van der Waals surface area contributed by atoms with E-state index in [-0.39, 0.29) is 29.9 Å². The largest absolute Gasteiger partial charge is 0.496 e. The van der Waals surface area contributed by atoms with E-state index in [9.17, 15) is 13.6 Å². The normalized spacial score (nSPS) is 15.8. The number of carbonyl (C=O) groups is 1. The first-order chi connectivity index (χ1) is 18.0. The maximum absolute atomic E-state index is 14.7. The number of methoxy groups -OCH3 is 1. The number of likely N-dealkylation sites (N-methyl/N-ethyl adjacent to an activating group) is 1. The standard InChI is InChI=1S/C26H28F2N6O3/c1-3-34-21-12-18(10-16(25(21)37-15-23(34)35)14-33-8-6-29-7-9-33)31-26-30-13-20(28)24(32-26)19-5-4-17(27)11-22(19)36-2/h4-5,10-13,29H,3,6-9,14-15H2,1-2H3,(H,30,31,32). The van der Waals surface area contributed by atoms with Gasteiger partial charge in [0, 0.05) is 62.1 Å². The van der Waals surface area contributed by atoms with Crippen molar-refractivity contribution in [2.75, 3.05) is 56.7 Å².